The summed E-state index contributed by atoms with van der Waals surface area (Å²) in [4.78, 5) is 14.4. The van der Waals surface area contributed by atoms with E-state index in [0.29, 0.717) is 6.42 Å². The number of quaternary nitrogens is 1. The van der Waals surface area contributed by atoms with Crippen LogP contribution >= 0.6 is 0 Å². The number of benzene rings is 2. The van der Waals surface area contributed by atoms with Gasteiger partial charge in [-0.2, -0.15) is 0 Å². The van der Waals surface area contributed by atoms with Gasteiger partial charge in [-0.3, -0.25) is 4.79 Å². The summed E-state index contributed by atoms with van der Waals surface area (Å²) in [6.07, 6.45) is 2.04. The topological polar surface area (TPSA) is 55.9 Å². The van der Waals surface area contributed by atoms with Crippen LogP contribution in [0, 0.1) is 13.8 Å². The van der Waals surface area contributed by atoms with E-state index in [1.54, 1.807) is 6.26 Å². The standard InChI is InChI=1S/C24H28N2O3/c1-17-8-9-21-20(16-29-24(21)18(17)2)14-23(27)25-22(19-6-4-3-5-7-19)15-26-10-12-28-13-11-26/h3-9,16,22H,10-15H2,1-2H3,(H,25,27)/p+1/t22-/m0/s1. The van der Waals surface area contributed by atoms with Crippen molar-refractivity contribution in [1.82, 2.24) is 5.32 Å². The van der Waals surface area contributed by atoms with Crippen molar-refractivity contribution in [3.63, 3.8) is 0 Å². The summed E-state index contributed by atoms with van der Waals surface area (Å²) in [7, 11) is 0. The summed E-state index contributed by atoms with van der Waals surface area (Å²) >= 11 is 0. The quantitative estimate of drug-likeness (QED) is 0.676. The van der Waals surface area contributed by atoms with E-state index in [-0.39, 0.29) is 11.9 Å². The van der Waals surface area contributed by atoms with Crippen LogP contribution in [0.15, 0.2) is 53.1 Å². The average molecular weight is 394 g/mol. The molecule has 3 aromatic rings. The second kappa shape index (κ2) is 8.80. The first-order valence-corrected chi connectivity index (χ1v) is 10.3. The summed E-state index contributed by atoms with van der Waals surface area (Å²) in [5.41, 5.74) is 5.28. The molecule has 29 heavy (non-hydrogen) atoms. The maximum absolute atomic E-state index is 12.9. The van der Waals surface area contributed by atoms with Crippen molar-refractivity contribution in [2.24, 2.45) is 0 Å². The molecule has 1 atom stereocenters. The van der Waals surface area contributed by atoms with Crippen LogP contribution in [0.4, 0.5) is 0 Å². The summed E-state index contributed by atoms with van der Waals surface area (Å²) in [6, 6.07) is 14.4. The lowest BCUT2D eigenvalue weighted by molar-refractivity contribution is -0.909. The van der Waals surface area contributed by atoms with Gasteiger partial charge in [0, 0.05) is 10.9 Å². The van der Waals surface area contributed by atoms with E-state index < -0.39 is 0 Å². The smallest absolute Gasteiger partial charge is 0.225 e. The Labute approximate surface area is 171 Å². The van der Waals surface area contributed by atoms with Crippen molar-refractivity contribution in [1.29, 1.82) is 0 Å². The van der Waals surface area contributed by atoms with Crippen molar-refractivity contribution >= 4 is 16.9 Å². The molecule has 1 aromatic heterocycles. The molecule has 0 aliphatic carbocycles. The number of ether oxygens (including phenoxy) is 1. The highest BCUT2D eigenvalue weighted by molar-refractivity contribution is 5.89. The highest BCUT2D eigenvalue weighted by Crippen LogP contribution is 2.27. The monoisotopic (exact) mass is 393 g/mol. The number of nitrogens with one attached hydrogen (secondary N) is 2. The first-order valence-electron chi connectivity index (χ1n) is 10.3. The van der Waals surface area contributed by atoms with E-state index in [2.05, 4.69) is 43.4 Å². The lowest BCUT2D eigenvalue weighted by atomic mass is 10.0. The zero-order chi connectivity index (χ0) is 20.2. The molecule has 1 aliphatic heterocycles. The number of hydrogen-bond acceptors (Lipinski definition) is 3. The van der Waals surface area contributed by atoms with Crippen LogP contribution in [0.25, 0.3) is 11.0 Å². The van der Waals surface area contributed by atoms with E-state index in [1.165, 1.54) is 10.5 Å². The van der Waals surface area contributed by atoms with Gasteiger partial charge in [0.25, 0.3) is 0 Å². The molecule has 2 heterocycles. The zero-order valence-electron chi connectivity index (χ0n) is 17.2. The Bertz CT molecular complexity index is 974. The number of rotatable bonds is 6. The highest BCUT2D eigenvalue weighted by atomic mass is 16.5. The van der Waals surface area contributed by atoms with Gasteiger partial charge in [-0.25, -0.2) is 0 Å². The fourth-order valence-corrected chi connectivity index (χ4v) is 4.03. The first-order chi connectivity index (χ1) is 14.1. The highest BCUT2D eigenvalue weighted by Gasteiger charge is 2.23. The Morgan fingerprint density at radius 1 is 1.10 bits per heavy atom. The van der Waals surface area contributed by atoms with Crippen LogP contribution in [0.5, 0.6) is 0 Å². The molecule has 2 N–H and O–H groups in total. The molecule has 0 bridgehead atoms. The molecule has 152 valence electrons. The second-order valence-electron chi connectivity index (χ2n) is 7.92. The Morgan fingerprint density at radius 3 is 2.62 bits per heavy atom. The summed E-state index contributed by atoms with van der Waals surface area (Å²) < 4.78 is 11.3. The predicted molar refractivity (Wildman–Crippen MR) is 113 cm³/mol. The molecule has 0 unspecified atom stereocenters. The normalized spacial score (nSPS) is 16.1. The third-order valence-corrected chi connectivity index (χ3v) is 5.92. The number of furan rings is 1. The maximum Gasteiger partial charge on any atom is 0.225 e. The van der Waals surface area contributed by atoms with Gasteiger partial charge in [0.15, 0.2) is 0 Å². The number of carbonyl (C=O) groups is 1. The number of fused-ring (bicyclic) bond motifs is 1. The molecule has 1 amide bonds. The van der Waals surface area contributed by atoms with Crippen molar-refractivity contribution in [2.75, 3.05) is 32.8 Å². The van der Waals surface area contributed by atoms with Gasteiger partial charge < -0.3 is 19.4 Å². The number of morpholine rings is 1. The van der Waals surface area contributed by atoms with Crippen LogP contribution in [0.3, 0.4) is 0 Å². The van der Waals surface area contributed by atoms with Crippen molar-refractivity contribution < 1.29 is 18.8 Å². The lowest BCUT2D eigenvalue weighted by Gasteiger charge is -2.28. The van der Waals surface area contributed by atoms with Gasteiger partial charge in [-0.05, 0) is 30.5 Å². The van der Waals surface area contributed by atoms with Gasteiger partial charge >= 0.3 is 0 Å². The number of aryl methyl sites for hydroxylation is 2. The third-order valence-electron chi connectivity index (χ3n) is 5.92. The van der Waals surface area contributed by atoms with Crippen LogP contribution in [-0.2, 0) is 16.0 Å². The molecule has 0 saturated carbocycles. The average Bonchev–Trinajstić information content (AvgIpc) is 3.15. The Kier molecular flexibility index (Phi) is 5.97. The third kappa shape index (κ3) is 4.52. The molecule has 1 fully saturated rings. The first kappa shape index (κ1) is 19.7. The number of carbonyl (C=O) groups excluding carboxylic acids is 1. The minimum Gasteiger partial charge on any atom is -0.464 e. The van der Waals surface area contributed by atoms with E-state index in [9.17, 15) is 4.79 Å². The van der Waals surface area contributed by atoms with Crippen molar-refractivity contribution in [2.45, 2.75) is 26.3 Å². The van der Waals surface area contributed by atoms with E-state index >= 15 is 0 Å². The Morgan fingerprint density at radius 2 is 1.86 bits per heavy atom. The Hall–Kier alpha value is -2.63. The molecule has 5 nitrogen and oxygen atoms in total. The van der Waals surface area contributed by atoms with Gasteiger partial charge in [0.2, 0.25) is 5.91 Å². The fraction of sp³-hybridized carbons (Fsp3) is 0.375. The van der Waals surface area contributed by atoms with Gasteiger partial charge in [0.1, 0.15) is 31.3 Å². The Balaban J connectivity index is 1.50. The predicted octanol–water partition coefficient (Wildman–Crippen LogP) is 2.36. The second-order valence-corrected chi connectivity index (χ2v) is 7.92. The van der Waals surface area contributed by atoms with Gasteiger partial charge in [-0.1, -0.05) is 42.5 Å². The van der Waals surface area contributed by atoms with Gasteiger partial charge in [0.05, 0.1) is 25.9 Å². The largest absolute Gasteiger partial charge is 0.464 e. The van der Waals surface area contributed by atoms with Crippen LogP contribution in [-0.4, -0.2) is 38.8 Å². The minimum absolute atomic E-state index is 0.0149. The van der Waals surface area contributed by atoms with Crippen LogP contribution in [0.1, 0.15) is 28.3 Å². The lowest BCUT2D eigenvalue weighted by Crippen LogP contribution is -3.14. The molecular weight excluding hydrogens is 364 g/mol. The summed E-state index contributed by atoms with van der Waals surface area (Å²) in [6.45, 7) is 8.51. The summed E-state index contributed by atoms with van der Waals surface area (Å²) in [5, 5.41) is 4.29. The molecule has 2 aromatic carbocycles. The van der Waals surface area contributed by atoms with Gasteiger partial charge in [-0.15, -0.1) is 0 Å². The zero-order valence-corrected chi connectivity index (χ0v) is 17.2. The molecular formula is C24H29N2O3+. The van der Waals surface area contributed by atoms with Crippen LogP contribution in [0.2, 0.25) is 0 Å². The van der Waals surface area contributed by atoms with Crippen LogP contribution < -0.4 is 10.2 Å². The fourth-order valence-electron chi connectivity index (χ4n) is 4.03. The van der Waals surface area contributed by atoms with Crippen molar-refractivity contribution in [3.05, 3.63) is 71.0 Å². The molecule has 1 aliphatic rings. The van der Waals surface area contributed by atoms with Crippen molar-refractivity contribution in [3.8, 4) is 0 Å². The molecule has 0 spiro atoms. The maximum atomic E-state index is 12.9. The molecule has 1 saturated heterocycles. The van der Waals surface area contributed by atoms with E-state index in [1.807, 2.05) is 18.2 Å². The SMILES string of the molecule is Cc1ccc2c(CC(=O)N[C@@H](C[NH+]3CCOCC3)c3ccccc3)coc2c1C. The molecule has 0 radical (unpaired) electrons. The van der Waals surface area contributed by atoms with E-state index in [0.717, 1.165) is 60.5 Å². The molecule has 4 rings (SSSR count). The summed E-state index contributed by atoms with van der Waals surface area (Å²) in [5.74, 6) is 0.0208. The van der Waals surface area contributed by atoms with E-state index in [4.69, 9.17) is 9.15 Å². The number of amides is 1. The minimum atomic E-state index is -0.0149. The number of hydrogen-bond donors (Lipinski definition) is 2. The molecule has 5 heteroatoms.